The van der Waals surface area contributed by atoms with E-state index in [4.69, 9.17) is 34.8 Å². The second kappa shape index (κ2) is 7.38. The van der Waals surface area contributed by atoms with E-state index in [1.165, 1.54) is 25.2 Å². The summed E-state index contributed by atoms with van der Waals surface area (Å²) in [5, 5.41) is 4.80. The third kappa shape index (κ3) is 4.37. The SMILES string of the molecule is CN(CC(=O)Nc1c(Cl)cc(Cl)cc1Cl)S(=O)(=O)c1cccs1. The first kappa shape index (κ1) is 18.5. The molecule has 0 aliphatic rings. The Hall–Kier alpha value is -0.830. The predicted molar refractivity (Wildman–Crippen MR) is 94.2 cm³/mol. The molecule has 5 nitrogen and oxygen atoms in total. The number of carbonyl (C=O) groups is 1. The summed E-state index contributed by atoms with van der Waals surface area (Å²) in [6, 6.07) is 5.95. The number of benzene rings is 1. The average Bonchev–Trinajstić information content (AvgIpc) is 2.97. The zero-order chi connectivity index (χ0) is 17.2. The summed E-state index contributed by atoms with van der Waals surface area (Å²) >= 11 is 18.8. The van der Waals surface area contributed by atoms with Gasteiger partial charge in [-0.25, -0.2) is 8.42 Å². The molecule has 1 N–H and O–H groups in total. The summed E-state index contributed by atoms with van der Waals surface area (Å²) in [6.07, 6.45) is 0. The minimum absolute atomic E-state index is 0.162. The summed E-state index contributed by atoms with van der Waals surface area (Å²) < 4.78 is 25.6. The van der Waals surface area contributed by atoms with Crippen molar-refractivity contribution in [2.75, 3.05) is 18.9 Å². The summed E-state index contributed by atoms with van der Waals surface area (Å²) in [7, 11) is -2.39. The largest absolute Gasteiger partial charge is 0.322 e. The van der Waals surface area contributed by atoms with Crippen LogP contribution in [0.1, 0.15) is 0 Å². The smallest absolute Gasteiger partial charge is 0.252 e. The third-order valence-electron chi connectivity index (χ3n) is 2.80. The molecular weight excluding hydrogens is 403 g/mol. The number of anilines is 1. The molecule has 0 saturated carbocycles. The zero-order valence-corrected chi connectivity index (χ0v) is 15.6. The zero-order valence-electron chi connectivity index (χ0n) is 11.7. The van der Waals surface area contributed by atoms with Crippen LogP contribution in [0.5, 0.6) is 0 Å². The van der Waals surface area contributed by atoms with E-state index in [0.717, 1.165) is 15.6 Å². The van der Waals surface area contributed by atoms with Crippen molar-refractivity contribution in [3.63, 3.8) is 0 Å². The van der Waals surface area contributed by atoms with Crippen molar-refractivity contribution in [1.82, 2.24) is 4.31 Å². The van der Waals surface area contributed by atoms with Crippen LogP contribution in [-0.2, 0) is 14.8 Å². The lowest BCUT2D eigenvalue weighted by Gasteiger charge is -2.16. The third-order valence-corrected chi connectivity index (χ3v) is 6.79. The molecule has 0 spiro atoms. The van der Waals surface area contributed by atoms with Gasteiger partial charge in [-0.05, 0) is 23.6 Å². The maximum Gasteiger partial charge on any atom is 0.252 e. The molecule has 1 amide bonds. The highest BCUT2D eigenvalue weighted by Gasteiger charge is 2.24. The topological polar surface area (TPSA) is 66.5 Å². The van der Waals surface area contributed by atoms with Crippen LogP contribution in [0.25, 0.3) is 0 Å². The number of nitrogens with one attached hydrogen (secondary N) is 1. The molecule has 0 aliphatic heterocycles. The molecule has 2 aromatic rings. The maximum atomic E-state index is 12.2. The first-order chi connectivity index (χ1) is 10.7. The van der Waals surface area contributed by atoms with Gasteiger partial charge < -0.3 is 5.32 Å². The lowest BCUT2D eigenvalue weighted by atomic mass is 10.3. The standard InChI is InChI=1S/C13H11Cl3N2O3S2/c1-18(23(20,21)12-3-2-4-22-12)7-11(19)17-13-9(15)5-8(14)6-10(13)16/h2-6H,7H2,1H3,(H,17,19). The van der Waals surface area contributed by atoms with Crippen molar-refractivity contribution in [3.8, 4) is 0 Å². The lowest BCUT2D eigenvalue weighted by molar-refractivity contribution is -0.116. The van der Waals surface area contributed by atoms with E-state index in [9.17, 15) is 13.2 Å². The van der Waals surface area contributed by atoms with E-state index in [0.29, 0.717) is 5.02 Å². The van der Waals surface area contributed by atoms with Crippen molar-refractivity contribution in [2.24, 2.45) is 0 Å². The Morgan fingerprint density at radius 1 is 1.26 bits per heavy atom. The molecule has 10 heteroatoms. The van der Waals surface area contributed by atoms with Crippen LogP contribution in [0.15, 0.2) is 33.9 Å². The van der Waals surface area contributed by atoms with E-state index in [2.05, 4.69) is 5.32 Å². The van der Waals surface area contributed by atoms with Crippen LogP contribution in [0, 0.1) is 0 Å². The van der Waals surface area contributed by atoms with Gasteiger partial charge in [0.05, 0.1) is 22.3 Å². The van der Waals surface area contributed by atoms with Gasteiger partial charge in [-0.3, -0.25) is 4.79 Å². The van der Waals surface area contributed by atoms with Gasteiger partial charge in [0.25, 0.3) is 10.0 Å². The highest BCUT2D eigenvalue weighted by atomic mass is 35.5. The van der Waals surface area contributed by atoms with Crippen molar-refractivity contribution < 1.29 is 13.2 Å². The Balaban J connectivity index is 2.11. The second-order valence-electron chi connectivity index (χ2n) is 4.49. The summed E-state index contributed by atoms with van der Waals surface area (Å²) in [5.41, 5.74) is 0.185. The summed E-state index contributed by atoms with van der Waals surface area (Å²) in [4.78, 5) is 12.1. The lowest BCUT2D eigenvalue weighted by Crippen LogP contribution is -2.34. The molecular formula is C13H11Cl3N2O3S2. The Kier molecular flexibility index (Phi) is 5.94. The Morgan fingerprint density at radius 2 is 1.87 bits per heavy atom. The highest BCUT2D eigenvalue weighted by molar-refractivity contribution is 7.91. The molecule has 0 bridgehead atoms. The molecule has 1 heterocycles. The number of carbonyl (C=O) groups excluding carboxylic acids is 1. The van der Waals surface area contributed by atoms with Gasteiger partial charge in [0, 0.05) is 12.1 Å². The fourth-order valence-electron chi connectivity index (χ4n) is 1.69. The van der Waals surface area contributed by atoms with Crippen molar-refractivity contribution >= 4 is 67.8 Å². The van der Waals surface area contributed by atoms with Gasteiger partial charge >= 0.3 is 0 Å². The number of likely N-dealkylation sites (N-methyl/N-ethyl adjacent to an activating group) is 1. The monoisotopic (exact) mass is 412 g/mol. The van der Waals surface area contributed by atoms with Gasteiger partial charge in [0.2, 0.25) is 5.91 Å². The van der Waals surface area contributed by atoms with Gasteiger partial charge in [-0.15, -0.1) is 11.3 Å². The van der Waals surface area contributed by atoms with Gasteiger partial charge in [0.1, 0.15) is 4.21 Å². The quantitative estimate of drug-likeness (QED) is 0.806. The number of amides is 1. The molecule has 124 valence electrons. The molecule has 1 aromatic heterocycles. The summed E-state index contributed by atoms with van der Waals surface area (Å²) in [5.74, 6) is -0.571. The van der Waals surface area contributed by atoms with Crippen LogP contribution >= 0.6 is 46.1 Å². The van der Waals surface area contributed by atoms with Crippen molar-refractivity contribution in [2.45, 2.75) is 4.21 Å². The number of thiophene rings is 1. The number of rotatable bonds is 5. The molecule has 0 unspecified atom stereocenters. The van der Waals surface area contributed by atoms with E-state index in [1.807, 2.05) is 0 Å². The molecule has 2 rings (SSSR count). The van der Waals surface area contributed by atoms with Gasteiger partial charge in [0.15, 0.2) is 0 Å². The van der Waals surface area contributed by atoms with Crippen LogP contribution in [-0.4, -0.2) is 32.2 Å². The molecule has 0 saturated heterocycles. The summed E-state index contributed by atoms with van der Waals surface area (Å²) in [6.45, 7) is -0.379. The molecule has 0 aliphatic carbocycles. The van der Waals surface area contributed by atoms with Gasteiger partial charge in [-0.2, -0.15) is 4.31 Å². The van der Waals surface area contributed by atoms with E-state index in [1.54, 1.807) is 11.4 Å². The Morgan fingerprint density at radius 3 is 2.39 bits per heavy atom. The first-order valence-electron chi connectivity index (χ1n) is 6.16. The fourth-order valence-corrected chi connectivity index (χ4v) is 4.93. The van der Waals surface area contributed by atoms with E-state index >= 15 is 0 Å². The number of nitrogens with zero attached hydrogens (tertiary/aromatic N) is 1. The number of sulfonamides is 1. The highest BCUT2D eigenvalue weighted by Crippen LogP contribution is 2.33. The number of halogens is 3. The number of hydrogen-bond donors (Lipinski definition) is 1. The molecule has 0 fully saturated rings. The van der Waals surface area contributed by atoms with Crippen LogP contribution in [0.4, 0.5) is 5.69 Å². The van der Waals surface area contributed by atoms with Crippen molar-refractivity contribution in [1.29, 1.82) is 0 Å². The Bertz CT molecular complexity index is 800. The second-order valence-corrected chi connectivity index (χ2v) is 8.96. The number of hydrogen-bond acceptors (Lipinski definition) is 4. The first-order valence-corrected chi connectivity index (χ1v) is 9.61. The van der Waals surface area contributed by atoms with Crippen molar-refractivity contribution in [3.05, 3.63) is 44.7 Å². The Labute approximate surface area is 152 Å². The average molecular weight is 414 g/mol. The normalized spacial score (nSPS) is 11.7. The van der Waals surface area contributed by atoms with Crippen LogP contribution in [0.3, 0.4) is 0 Å². The molecule has 1 aromatic carbocycles. The predicted octanol–water partition coefficient (Wildman–Crippen LogP) is 3.97. The van der Waals surface area contributed by atoms with E-state index < -0.39 is 15.9 Å². The molecule has 23 heavy (non-hydrogen) atoms. The minimum atomic E-state index is -3.71. The molecule has 0 atom stereocenters. The van der Waals surface area contributed by atoms with Crippen LogP contribution in [0.2, 0.25) is 15.1 Å². The molecule has 0 radical (unpaired) electrons. The van der Waals surface area contributed by atoms with Gasteiger partial charge in [-0.1, -0.05) is 40.9 Å². The van der Waals surface area contributed by atoms with E-state index in [-0.39, 0.29) is 26.5 Å². The van der Waals surface area contributed by atoms with Crippen LogP contribution < -0.4 is 5.32 Å². The fraction of sp³-hybridized carbons (Fsp3) is 0.154. The maximum absolute atomic E-state index is 12.2. The minimum Gasteiger partial charge on any atom is -0.322 e.